The smallest absolute Gasteiger partial charge is 0.158 e. The predicted molar refractivity (Wildman–Crippen MR) is 77.3 cm³/mol. The lowest BCUT2D eigenvalue weighted by atomic mass is 10.2. The maximum absolute atomic E-state index is 5.61. The summed E-state index contributed by atoms with van der Waals surface area (Å²) in [5, 5.41) is 0. The molecule has 2 saturated heterocycles. The Labute approximate surface area is 118 Å². The molecule has 1 unspecified atom stereocenters. The molecule has 1 atom stereocenters. The molecule has 2 aliphatic rings. The van der Waals surface area contributed by atoms with E-state index in [1.807, 2.05) is 13.8 Å². The average Bonchev–Trinajstić information content (AvgIpc) is 3.07. The number of ether oxygens (including phenoxy) is 2. The minimum Gasteiger partial charge on any atom is -0.353 e. The van der Waals surface area contributed by atoms with Crippen LogP contribution in [-0.2, 0) is 9.47 Å². The van der Waals surface area contributed by atoms with E-state index in [9.17, 15) is 0 Å². The number of hydrogen-bond acceptors (Lipinski definition) is 4. The monoisotopic (exact) mass is 270 g/mol. The Morgan fingerprint density at radius 2 is 1.74 bits per heavy atom. The van der Waals surface area contributed by atoms with Crippen LogP contribution in [0.1, 0.15) is 39.5 Å². The molecular formula is C15H30N2O2. The molecule has 2 rings (SSSR count). The van der Waals surface area contributed by atoms with E-state index in [-0.39, 0.29) is 6.29 Å². The summed E-state index contributed by atoms with van der Waals surface area (Å²) >= 11 is 0. The maximum Gasteiger partial charge on any atom is 0.158 e. The highest BCUT2D eigenvalue weighted by Crippen LogP contribution is 2.20. The molecule has 0 bridgehead atoms. The zero-order chi connectivity index (χ0) is 13.5. The lowest BCUT2D eigenvalue weighted by Gasteiger charge is -2.24. The van der Waals surface area contributed by atoms with Gasteiger partial charge >= 0.3 is 0 Å². The van der Waals surface area contributed by atoms with Crippen LogP contribution in [0.5, 0.6) is 0 Å². The quantitative estimate of drug-likeness (QED) is 0.629. The third-order valence-electron chi connectivity index (χ3n) is 4.29. The van der Waals surface area contributed by atoms with E-state index in [1.54, 1.807) is 0 Å². The highest BCUT2D eigenvalue weighted by molar-refractivity contribution is 4.85. The number of nitrogens with zero attached hydrogens (tertiary/aromatic N) is 2. The van der Waals surface area contributed by atoms with E-state index in [0.717, 1.165) is 32.2 Å². The lowest BCUT2D eigenvalue weighted by Crippen LogP contribution is -2.36. The summed E-state index contributed by atoms with van der Waals surface area (Å²) in [5.74, 6) is 0. The Kier molecular flexibility index (Phi) is 6.57. The Bertz CT molecular complexity index is 238. The summed E-state index contributed by atoms with van der Waals surface area (Å²) in [6.07, 6.45) is 5.11. The first-order valence-corrected chi connectivity index (χ1v) is 8.03. The van der Waals surface area contributed by atoms with Crippen molar-refractivity contribution in [3.05, 3.63) is 0 Å². The van der Waals surface area contributed by atoms with Gasteiger partial charge in [-0.2, -0.15) is 0 Å². The summed E-state index contributed by atoms with van der Waals surface area (Å²) < 4.78 is 11.2. The first kappa shape index (κ1) is 15.2. The van der Waals surface area contributed by atoms with Gasteiger partial charge in [-0.05, 0) is 52.7 Å². The fourth-order valence-corrected chi connectivity index (χ4v) is 3.29. The van der Waals surface area contributed by atoms with E-state index in [4.69, 9.17) is 9.47 Å². The second-order valence-corrected chi connectivity index (χ2v) is 5.62. The molecule has 2 aliphatic heterocycles. The van der Waals surface area contributed by atoms with Gasteiger partial charge in [-0.3, -0.25) is 4.90 Å². The topological polar surface area (TPSA) is 24.9 Å². The average molecular weight is 270 g/mol. The summed E-state index contributed by atoms with van der Waals surface area (Å²) in [5.41, 5.74) is 0. The second-order valence-electron chi connectivity index (χ2n) is 5.62. The minimum atomic E-state index is -0.0131. The molecule has 112 valence electrons. The van der Waals surface area contributed by atoms with Gasteiger partial charge in [-0.15, -0.1) is 0 Å². The molecular weight excluding hydrogens is 240 g/mol. The van der Waals surface area contributed by atoms with Crippen LogP contribution in [0.4, 0.5) is 0 Å². The van der Waals surface area contributed by atoms with Crippen LogP contribution in [-0.4, -0.2) is 68.1 Å². The second kappa shape index (κ2) is 8.20. The minimum absolute atomic E-state index is 0.0131. The van der Waals surface area contributed by atoms with E-state index in [1.165, 1.54) is 45.4 Å². The molecule has 2 fully saturated rings. The molecule has 0 aromatic rings. The van der Waals surface area contributed by atoms with Crippen molar-refractivity contribution in [1.29, 1.82) is 0 Å². The summed E-state index contributed by atoms with van der Waals surface area (Å²) in [7, 11) is 0. The largest absolute Gasteiger partial charge is 0.353 e. The third-order valence-corrected chi connectivity index (χ3v) is 4.29. The zero-order valence-electron chi connectivity index (χ0n) is 12.6. The molecule has 0 aliphatic carbocycles. The number of likely N-dealkylation sites (tertiary alicyclic amines) is 2. The van der Waals surface area contributed by atoms with Gasteiger partial charge < -0.3 is 14.4 Å². The van der Waals surface area contributed by atoms with Crippen LogP contribution < -0.4 is 0 Å². The first-order valence-electron chi connectivity index (χ1n) is 8.03. The summed E-state index contributed by atoms with van der Waals surface area (Å²) in [6.45, 7) is 11.8. The molecule has 0 aromatic carbocycles. The van der Waals surface area contributed by atoms with Gasteiger partial charge in [0.1, 0.15) is 0 Å². The summed E-state index contributed by atoms with van der Waals surface area (Å²) in [6, 6.07) is 0.806. The number of hydrogen-bond donors (Lipinski definition) is 0. The van der Waals surface area contributed by atoms with Crippen molar-refractivity contribution >= 4 is 0 Å². The van der Waals surface area contributed by atoms with Gasteiger partial charge in [-0.25, -0.2) is 0 Å². The van der Waals surface area contributed by atoms with E-state index >= 15 is 0 Å². The molecule has 2 heterocycles. The molecule has 0 radical (unpaired) electrons. The van der Waals surface area contributed by atoms with Crippen molar-refractivity contribution in [2.75, 3.05) is 45.9 Å². The fourth-order valence-electron chi connectivity index (χ4n) is 3.29. The van der Waals surface area contributed by atoms with E-state index in [0.29, 0.717) is 0 Å². The van der Waals surface area contributed by atoms with Crippen LogP contribution in [0.25, 0.3) is 0 Å². The van der Waals surface area contributed by atoms with Crippen LogP contribution >= 0.6 is 0 Å². The lowest BCUT2D eigenvalue weighted by molar-refractivity contribution is -0.141. The van der Waals surface area contributed by atoms with Gasteiger partial charge in [0.25, 0.3) is 0 Å². The molecule has 4 heteroatoms. The van der Waals surface area contributed by atoms with Gasteiger partial charge in [0.05, 0.1) is 0 Å². The van der Waals surface area contributed by atoms with Crippen molar-refractivity contribution in [3.63, 3.8) is 0 Å². The molecule has 0 amide bonds. The van der Waals surface area contributed by atoms with Crippen molar-refractivity contribution in [1.82, 2.24) is 9.80 Å². The van der Waals surface area contributed by atoms with Crippen LogP contribution in [0.15, 0.2) is 0 Å². The molecule has 0 saturated carbocycles. The Hall–Kier alpha value is -0.160. The molecule has 0 spiro atoms. The molecule has 4 nitrogen and oxygen atoms in total. The highest BCUT2D eigenvalue weighted by atomic mass is 16.7. The Balaban J connectivity index is 1.66. The van der Waals surface area contributed by atoms with Gasteiger partial charge in [0, 0.05) is 38.8 Å². The first-order chi connectivity index (χ1) is 9.33. The van der Waals surface area contributed by atoms with Crippen molar-refractivity contribution in [2.45, 2.75) is 51.9 Å². The van der Waals surface area contributed by atoms with Crippen LogP contribution in [0, 0.1) is 0 Å². The SMILES string of the molecule is CCOC(CCN1CCC(N2CCCC2)C1)OCC. The van der Waals surface area contributed by atoms with Crippen molar-refractivity contribution < 1.29 is 9.47 Å². The Morgan fingerprint density at radius 3 is 2.37 bits per heavy atom. The van der Waals surface area contributed by atoms with Crippen molar-refractivity contribution in [2.24, 2.45) is 0 Å². The normalized spacial score (nSPS) is 25.7. The van der Waals surface area contributed by atoms with Gasteiger partial charge in [0.2, 0.25) is 0 Å². The summed E-state index contributed by atoms with van der Waals surface area (Å²) in [4.78, 5) is 5.26. The van der Waals surface area contributed by atoms with Gasteiger partial charge in [-0.1, -0.05) is 0 Å². The van der Waals surface area contributed by atoms with E-state index in [2.05, 4.69) is 9.80 Å². The zero-order valence-corrected chi connectivity index (χ0v) is 12.6. The standard InChI is InChI=1S/C15H30N2O2/c1-3-18-15(19-4-2)8-12-16-11-7-14(13-16)17-9-5-6-10-17/h14-15H,3-13H2,1-2H3. The van der Waals surface area contributed by atoms with E-state index < -0.39 is 0 Å². The Morgan fingerprint density at radius 1 is 1.05 bits per heavy atom. The van der Waals surface area contributed by atoms with Crippen molar-refractivity contribution in [3.8, 4) is 0 Å². The molecule has 19 heavy (non-hydrogen) atoms. The molecule has 0 aromatic heterocycles. The van der Waals surface area contributed by atoms with Crippen LogP contribution in [0.2, 0.25) is 0 Å². The fraction of sp³-hybridized carbons (Fsp3) is 1.00. The van der Waals surface area contributed by atoms with Crippen LogP contribution in [0.3, 0.4) is 0 Å². The van der Waals surface area contributed by atoms with Gasteiger partial charge in [0.15, 0.2) is 6.29 Å². The highest BCUT2D eigenvalue weighted by Gasteiger charge is 2.29. The predicted octanol–water partition coefficient (Wildman–Crippen LogP) is 1.95. The number of rotatable bonds is 8. The maximum atomic E-state index is 5.61. The molecule has 0 N–H and O–H groups in total. The third kappa shape index (κ3) is 4.71.